The zero-order chi connectivity index (χ0) is 36.3. The lowest BCUT2D eigenvalue weighted by molar-refractivity contribution is 0.104. The Morgan fingerprint density at radius 3 is 0.725 bits per heavy atom. The molecule has 0 atom stereocenters. The number of hydrogen-bond donors (Lipinski definition) is 0. The maximum absolute atomic E-state index is 12.9. The van der Waals surface area contributed by atoms with Gasteiger partial charge in [-0.15, -0.1) is 0 Å². The molecule has 1 fully saturated rings. The average Bonchev–Trinajstić information content (AvgIpc) is 3.10. The van der Waals surface area contributed by atoms with Crippen molar-refractivity contribution in [2.75, 3.05) is 13.1 Å². The Hall–Kier alpha value is -2.65. The fourth-order valence-corrected chi connectivity index (χ4v) is 6.24. The van der Waals surface area contributed by atoms with E-state index in [1.165, 1.54) is 74.9 Å². The van der Waals surface area contributed by atoms with Crippen LogP contribution in [0, 0.1) is 0 Å². The van der Waals surface area contributed by atoms with E-state index in [9.17, 15) is 24.0 Å². The SMILES string of the molecule is C.C.CCCCCCCN1C(=O)N(CCCCCC)C1=O.CCCCCCCn1c(=O)n(CCCCCCC)c(=O)n(CCCCCCC)c1=O. The molecule has 2 rings (SSSR count). The van der Waals surface area contributed by atoms with E-state index in [0.29, 0.717) is 32.7 Å². The zero-order valence-electron chi connectivity index (χ0n) is 32.3. The fraction of sp³-hybridized carbons (Fsp3) is 0.878. The van der Waals surface area contributed by atoms with E-state index in [1.54, 1.807) is 0 Å². The summed E-state index contributed by atoms with van der Waals surface area (Å²) in [6, 6.07) is -0.172. The van der Waals surface area contributed by atoms with Crippen molar-refractivity contribution in [1.29, 1.82) is 0 Å². The molecule has 10 heteroatoms. The molecule has 1 aliphatic heterocycles. The van der Waals surface area contributed by atoms with Gasteiger partial charge in [0, 0.05) is 32.7 Å². The molecule has 0 unspecified atom stereocenters. The average molecular weight is 724 g/mol. The number of rotatable bonds is 29. The summed E-state index contributed by atoms with van der Waals surface area (Å²) < 4.78 is 3.93. The van der Waals surface area contributed by atoms with E-state index in [4.69, 9.17) is 0 Å². The highest BCUT2D eigenvalue weighted by Crippen LogP contribution is 2.19. The van der Waals surface area contributed by atoms with Crippen LogP contribution in [0.15, 0.2) is 14.4 Å². The number of carbonyl (C=O) groups is 2. The molecule has 0 spiro atoms. The van der Waals surface area contributed by atoms with Crippen LogP contribution in [0.5, 0.6) is 0 Å². The molecule has 0 radical (unpaired) electrons. The molecule has 1 aromatic heterocycles. The molecule has 51 heavy (non-hydrogen) atoms. The van der Waals surface area contributed by atoms with E-state index >= 15 is 0 Å². The van der Waals surface area contributed by atoms with Crippen molar-refractivity contribution in [3.05, 3.63) is 31.5 Å². The lowest BCUT2D eigenvalue weighted by Gasteiger charge is -2.39. The molecular weight excluding hydrogens is 642 g/mol. The van der Waals surface area contributed by atoms with Crippen LogP contribution in [-0.4, -0.2) is 48.7 Å². The minimum atomic E-state index is -0.418. The van der Waals surface area contributed by atoms with Gasteiger partial charge in [-0.1, -0.05) is 171 Å². The van der Waals surface area contributed by atoms with Crippen molar-refractivity contribution < 1.29 is 9.59 Å². The maximum Gasteiger partial charge on any atom is 0.336 e. The molecule has 0 aromatic carbocycles. The van der Waals surface area contributed by atoms with Crippen LogP contribution < -0.4 is 17.1 Å². The highest BCUT2D eigenvalue weighted by atomic mass is 16.2. The Bertz CT molecular complexity index is 1060. The summed E-state index contributed by atoms with van der Waals surface area (Å²) in [4.78, 5) is 65.1. The number of aromatic nitrogens is 3. The number of unbranched alkanes of at least 4 members (excludes halogenated alkanes) is 19. The van der Waals surface area contributed by atoms with E-state index in [0.717, 1.165) is 103 Å². The molecule has 0 N–H and O–H groups in total. The van der Waals surface area contributed by atoms with Crippen LogP contribution >= 0.6 is 0 Å². The van der Waals surface area contributed by atoms with Gasteiger partial charge in [-0.2, -0.15) is 0 Å². The summed E-state index contributed by atoms with van der Waals surface area (Å²) >= 11 is 0. The summed E-state index contributed by atoms with van der Waals surface area (Å²) in [5, 5.41) is 0. The third kappa shape index (κ3) is 19.1. The minimum absolute atomic E-state index is 0. The largest absolute Gasteiger partial charge is 0.336 e. The molecule has 0 saturated carbocycles. The van der Waals surface area contributed by atoms with Crippen LogP contribution in [0.1, 0.15) is 204 Å². The van der Waals surface area contributed by atoms with Gasteiger partial charge in [0.25, 0.3) is 0 Å². The van der Waals surface area contributed by atoms with Crippen molar-refractivity contribution >= 4 is 12.1 Å². The molecular formula is C41H81N5O5. The predicted octanol–water partition coefficient (Wildman–Crippen LogP) is 10.7. The number of nitrogens with zero attached hydrogens (tertiary/aromatic N) is 5. The first kappa shape index (κ1) is 50.5. The topological polar surface area (TPSA) is 107 Å². The van der Waals surface area contributed by atoms with Crippen molar-refractivity contribution in [2.24, 2.45) is 0 Å². The summed E-state index contributed by atoms with van der Waals surface area (Å²) in [5.41, 5.74) is -1.25. The second-order valence-electron chi connectivity index (χ2n) is 13.9. The van der Waals surface area contributed by atoms with Gasteiger partial charge in [0.2, 0.25) is 0 Å². The molecule has 1 saturated heterocycles. The summed E-state index contributed by atoms with van der Waals surface area (Å²) in [6.07, 6.45) is 25.9. The standard InChI is InChI=1S/C24H45N3O3.C15H28N2O2.2CH4/c1-4-7-10-13-16-19-25-22(28)26(20-17-14-11-8-5-2)24(30)27(23(25)29)21-18-15-12-9-6-3;1-3-5-7-9-11-13-17-14(18)16(15(17)19)12-10-8-6-4-2;;/h4-21H2,1-3H3;3-13H2,1-2H3;2*1H4. The van der Waals surface area contributed by atoms with Crippen molar-refractivity contribution in [3.63, 3.8) is 0 Å². The van der Waals surface area contributed by atoms with E-state index in [1.807, 2.05) is 0 Å². The first-order valence-corrected chi connectivity index (χ1v) is 20.4. The molecule has 2 heterocycles. The molecule has 10 nitrogen and oxygen atoms in total. The molecule has 300 valence electrons. The van der Waals surface area contributed by atoms with Crippen molar-refractivity contribution in [3.8, 4) is 0 Å². The summed E-state index contributed by atoms with van der Waals surface area (Å²) in [6.45, 7) is 13.3. The van der Waals surface area contributed by atoms with E-state index in [2.05, 4.69) is 34.6 Å². The van der Waals surface area contributed by atoms with Crippen LogP contribution in [0.2, 0.25) is 0 Å². The summed E-state index contributed by atoms with van der Waals surface area (Å²) in [7, 11) is 0. The summed E-state index contributed by atoms with van der Waals surface area (Å²) in [5.74, 6) is 0. The van der Waals surface area contributed by atoms with Gasteiger partial charge in [0.15, 0.2) is 0 Å². The van der Waals surface area contributed by atoms with Crippen LogP contribution in [0.3, 0.4) is 0 Å². The normalized spacial score (nSPS) is 12.3. The van der Waals surface area contributed by atoms with Gasteiger partial charge < -0.3 is 0 Å². The van der Waals surface area contributed by atoms with Gasteiger partial charge >= 0.3 is 29.1 Å². The van der Waals surface area contributed by atoms with Gasteiger partial charge in [-0.05, 0) is 32.1 Å². The fourth-order valence-electron chi connectivity index (χ4n) is 6.24. The molecule has 1 aromatic rings. The van der Waals surface area contributed by atoms with Gasteiger partial charge in [-0.3, -0.25) is 0 Å². The Morgan fingerprint density at radius 2 is 0.490 bits per heavy atom. The number of imide groups is 2. The van der Waals surface area contributed by atoms with Crippen LogP contribution in [0.4, 0.5) is 9.59 Å². The Kier molecular flexibility index (Phi) is 31.7. The van der Waals surface area contributed by atoms with E-state index < -0.39 is 17.1 Å². The van der Waals surface area contributed by atoms with Crippen LogP contribution in [-0.2, 0) is 19.6 Å². The second-order valence-corrected chi connectivity index (χ2v) is 13.9. The number of hydrogen-bond acceptors (Lipinski definition) is 5. The second kappa shape index (κ2) is 32.0. The first-order valence-electron chi connectivity index (χ1n) is 20.4. The quantitative estimate of drug-likeness (QED) is 0.0765. The third-order valence-electron chi connectivity index (χ3n) is 9.49. The molecule has 4 amide bonds. The van der Waals surface area contributed by atoms with Gasteiger partial charge in [0.05, 0.1) is 0 Å². The Labute approximate surface area is 312 Å². The lowest BCUT2D eigenvalue weighted by Crippen LogP contribution is -2.64. The molecule has 0 bridgehead atoms. The predicted molar refractivity (Wildman–Crippen MR) is 216 cm³/mol. The van der Waals surface area contributed by atoms with Crippen LogP contribution in [0.25, 0.3) is 0 Å². The highest BCUT2D eigenvalue weighted by Gasteiger charge is 2.42. The zero-order valence-corrected chi connectivity index (χ0v) is 32.3. The molecule has 0 aliphatic carbocycles. The first-order chi connectivity index (χ1) is 23.8. The smallest absolute Gasteiger partial charge is 0.247 e. The maximum atomic E-state index is 12.9. The van der Waals surface area contributed by atoms with E-state index in [-0.39, 0.29) is 26.9 Å². The number of amides is 4. The van der Waals surface area contributed by atoms with Crippen molar-refractivity contribution in [2.45, 2.75) is 223 Å². The van der Waals surface area contributed by atoms with Gasteiger partial charge in [0.1, 0.15) is 0 Å². The Balaban J connectivity index is 0. The highest BCUT2D eigenvalue weighted by molar-refractivity contribution is 6.11. The monoisotopic (exact) mass is 724 g/mol. The minimum Gasteiger partial charge on any atom is -0.247 e. The van der Waals surface area contributed by atoms with Crippen molar-refractivity contribution in [1.82, 2.24) is 23.5 Å². The molecule has 1 aliphatic rings. The Morgan fingerprint density at radius 1 is 0.294 bits per heavy atom. The van der Waals surface area contributed by atoms with Gasteiger partial charge in [-0.25, -0.2) is 47.5 Å². The lowest BCUT2D eigenvalue weighted by atomic mass is 10.1. The third-order valence-corrected chi connectivity index (χ3v) is 9.49. The number of carbonyl (C=O) groups excluding carboxylic acids is 2. The number of urea groups is 2.